The normalized spacial score (nSPS) is 19.1. The molecule has 0 aromatic carbocycles. The van der Waals surface area contributed by atoms with Crippen LogP contribution in [-0.2, 0) is 43.0 Å². The lowest BCUT2D eigenvalue weighted by atomic mass is 9.94. The first-order valence-corrected chi connectivity index (χ1v) is 13.8. The van der Waals surface area contributed by atoms with E-state index in [0.29, 0.717) is 44.3 Å². The number of ether oxygens (including phenoxy) is 4. The van der Waals surface area contributed by atoms with Crippen molar-refractivity contribution >= 4 is 35.0 Å². The molecule has 2 fully saturated rings. The average Bonchev–Trinajstić information content (AvgIpc) is 3.29. The van der Waals surface area contributed by atoms with Crippen molar-refractivity contribution in [3.05, 3.63) is 16.1 Å². The summed E-state index contributed by atoms with van der Waals surface area (Å²) < 4.78 is 21.2. The average molecular weight is 588 g/mol. The van der Waals surface area contributed by atoms with E-state index < -0.39 is 40.3 Å². The molecule has 1 aromatic rings. The van der Waals surface area contributed by atoms with Crippen molar-refractivity contribution in [3.63, 3.8) is 0 Å². The summed E-state index contributed by atoms with van der Waals surface area (Å²) in [6.45, 7) is 14.0. The maximum absolute atomic E-state index is 12.6. The summed E-state index contributed by atoms with van der Waals surface area (Å²) >= 11 is 1.30. The van der Waals surface area contributed by atoms with Gasteiger partial charge in [0.1, 0.15) is 16.9 Å². The number of carbonyl (C=O) groups is 3. The van der Waals surface area contributed by atoms with Crippen LogP contribution in [0, 0.1) is 6.92 Å². The fourth-order valence-corrected chi connectivity index (χ4v) is 4.25. The smallest absolute Gasteiger partial charge is 0.360 e. The predicted octanol–water partition coefficient (Wildman–Crippen LogP) is 2.92. The summed E-state index contributed by atoms with van der Waals surface area (Å²) in [4.78, 5) is 50.4. The van der Waals surface area contributed by atoms with Crippen molar-refractivity contribution in [3.8, 4) is 0 Å². The molecule has 0 bridgehead atoms. The quantitative estimate of drug-likeness (QED) is 0.271. The minimum Gasteiger partial charge on any atom is -0.476 e. The number of aryl methyl sites for hydroxylation is 1. The van der Waals surface area contributed by atoms with Gasteiger partial charge in [0.15, 0.2) is 5.60 Å². The van der Waals surface area contributed by atoms with Crippen molar-refractivity contribution in [2.45, 2.75) is 96.6 Å². The van der Waals surface area contributed by atoms with E-state index in [-0.39, 0.29) is 24.2 Å². The summed E-state index contributed by atoms with van der Waals surface area (Å²) in [6.07, 6.45) is 1.35. The van der Waals surface area contributed by atoms with Gasteiger partial charge in [0.2, 0.25) is 11.3 Å². The number of carboxylic acid groups (broad SMARTS) is 1. The first kappa shape index (κ1) is 33.6. The molecule has 3 N–H and O–H groups in total. The van der Waals surface area contributed by atoms with Crippen LogP contribution in [0.4, 0.5) is 0 Å². The Bertz CT molecular complexity index is 1050. The minimum absolute atomic E-state index is 0.196. The van der Waals surface area contributed by atoms with E-state index in [0.717, 1.165) is 0 Å². The highest BCUT2D eigenvalue weighted by Crippen LogP contribution is 2.30. The van der Waals surface area contributed by atoms with Crippen LogP contribution in [0.1, 0.15) is 77.9 Å². The van der Waals surface area contributed by atoms with Gasteiger partial charge >= 0.3 is 17.9 Å². The van der Waals surface area contributed by atoms with E-state index in [1.165, 1.54) is 11.3 Å². The number of hydrogen-bond acceptors (Lipinski definition) is 13. The van der Waals surface area contributed by atoms with Gasteiger partial charge < -0.3 is 28.9 Å². The van der Waals surface area contributed by atoms with Gasteiger partial charge in [-0.25, -0.2) is 25.3 Å². The van der Waals surface area contributed by atoms with Crippen LogP contribution in [0.25, 0.3) is 0 Å². The third-order valence-corrected chi connectivity index (χ3v) is 6.52. The minimum atomic E-state index is -1.36. The molecule has 2 aliphatic rings. The van der Waals surface area contributed by atoms with E-state index in [2.05, 4.69) is 10.1 Å². The van der Waals surface area contributed by atoms with E-state index in [9.17, 15) is 19.5 Å². The number of esters is 2. The molecule has 2 aliphatic heterocycles. The van der Waals surface area contributed by atoms with Crippen LogP contribution in [-0.4, -0.2) is 82.5 Å². The van der Waals surface area contributed by atoms with Crippen molar-refractivity contribution in [1.82, 2.24) is 4.98 Å². The number of aromatic nitrogens is 1. The van der Waals surface area contributed by atoms with Gasteiger partial charge in [0.25, 0.3) is 0 Å². The third kappa shape index (κ3) is 9.77. The molecule has 2 saturated heterocycles. The number of rotatable bonds is 7. The molecule has 0 aliphatic carbocycles. The van der Waals surface area contributed by atoms with E-state index in [4.69, 9.17) is 34.5 Å². The highest BCUT2D eigenvalue weighted by Gasteiger charge is 2.47. The first-order chi connectivity index (χ1) is 18.5. The Balaban J connectivity index is 0.000000319. The molecule has 3 rings (SSSR count). The van der Waals surface area contributed by atoms with Gasteiger partial charge in [0, 0.05) is 44.3 Å². The van der Waals surface area contributed by atoms with Crippen molar-refractivity contribution < 1.29 is 48.1 Å². The van der Waals surface area contributed by atoms with Crippen molar-refractivity contribution in [1.29, 1.82) is 0 Å². The SMILES string of the molecule is CC(C)(C)OC(=O)C1(ON)CCOCC1.Cc1nc(/C(=N/OC2(C(=O)OC(C)(C)C)CCOCC2)C(=O)O)cs1. The van der Waals surface area contributed by atoms with Crippen LogP contribution in [0.3, 0.4) is 0 Å². The number of carboxylic acids is 1. The Morgan fingerprint density at radius 3 is 1.75 bits per heavy atom. The number of thiazole rings is 1. The Morgan fingerprint density at radius 1 is 0.925 bits per heavy atom. The van der Waals surface area contributed by atoms with Crippen molar-refractivity contribution in [2.24, 2.45) is 11.1 Å². The van der Waals surface area contributed by atoms with Gasteiger partial charge in [-0.05, 0) is 48.5 Å². The fraction of sp³-hybridized carbons (Fsp3) is 0.731. The van der Waals surface area contributed by atoms with Crippen LogP contribution in [0.2, 0.25) is 0 Å². The van der Waals surface area contributed by atoms with Crippen LogP contribution in [0.15, 0.2) is 10.5 Å². The molecular weight excluding hydrogens is 546 g/mol. The second-order valence-corrected chi connectivity index (χ2v) is 12.5. The molecule has 0 spiro atoms. The highest BCUT2D eigenvalue weighted by molar-refractivity contribution is 7.09. The summed E-state index contributed by atoms with van der Waals surface area (Å²) in [7, 11) is 0. The van der Waals surface area contributed by atoms with Gasteiger partial charge in [-0.2, -0.15) is 0 Å². The number of hydrogen-bond donors (Lipinski definition) is 2. The lowest BCUT2D eigenvalue weighted by molar-refractivity contribution is -0.196. The van der Waals surface area contributed by atoms with Gasteiger partial charge in [-0.1, -0.05) is 5.16 Å². The molecule has 1 aromatic heterocycles. The van der Waals surface area contributed by atoms with E-state index >= 15 is 0 Å². The molecule has 3 heterocycles. The highest BCUT2D eigenvalue weighted by atomic mass is 32.1. The number of carbonyl (C=O) groups excluding carboxylic acids is 2. The molecule has 0 atom stereocenters. The van der Waals surface area contributed by atoms with Crippen molar-refractivity contribution in [2.75, 3.05) is 26.4 Å². The van der Waals surface area contributed by atoms with Crippen LogP contribution >= 0.6 is 11.3 Å². The summed E-state index contributed by atoms with van der Waals surface area (Å²) in [5.41, 5.74) is -3.76. The monoisotopic (exact) mass is 587 g/mol. The van der Waals surface area contributed by atoms with E-state index in [1.54, 1.807) is 33.1 Å². The zero-order valence-electron chi connectivity index (χ0n) is 24.2. The molecule has 14 heteroatoms. The summed E-state index contributed by atoms with van der Waals surface area (Å²) in [5, 5.41) is 15.4. The topological polar surface area (TPSA) is 178 Å². The predicted molar refractivity (Wildman–Crippen MR) is 145 cm³/mol. The fourth-order valence-electron chi connectivity index (χ4n) is 3.65. The molecule has 40 heavy (non-hydrogen) atoms. The molecule has 0 unspecified atom stereocenters. The Kier molecular flexibility index (Phi) is 11.6. The molecule has 0 radical (unpaired) electrons. The second kappa shape index (κ2) is 13.8. The zero-order valence-corrected chi connectivity index (χ0v) is 25.1. The molecule has 226 valence electrons. The lowest BCUT2D eigenvalue weighted by Crippen LogP contribution is -2.50. The van der Waals surface area contributed by atoms with Gasteiger partial charge in [0.05, 0.1) is 18.2 Å². The maximum atomic E-state index is 12.6. The van der Waals surface area contributed by atoms with E-state index in [1.807, 2.05) is 20.8 Å². The largest absolute Gasteiger partial charge is 0.476 e. The van der Waals surface area contributed by atoms with Gasteiger partial charge in [-0.15, -0.1) is 11.3 Å². The Morgan fingerprint density at radius 2 is 1.38 bits per heavy atom. The maximum Gasteiger partial charge on any atom is 0.360 e. The number of nitrogens with two attached hydrogens (primary N) is 1. The first-order valence-electron chi connectivity index (χ1n) is 12.9. The molecule has 0 amide bonds. The lowest BCUT2D eigenvalue weighted by Gasteiger charge is -2.34. The number of oxime groups is 1. The summed E-state index contributed by atoms with van der Waals surface area (Å²) in [6, 6.07) is 0. The number of nitrogens with zero attached hydrogens (tertiary/aromatic N) is 2. The summed E-state index contributed by atoms with van der Waals surface area (Å²) in [5.74, 6) is 2.94. The third-order valence-electron chi connectivity index (χ3n) is 5.74. The van der Waals surface area contributed by atoms with Crippen LogP contribution < -0.4 is 5.90 Å². The van der Waals surface area contributed by atoms with Gasteiger partial charge in [-0.3, -0.25) is 4.84 Å². The standard InChI is InChI=1S/C16H22N2O6S.C10H19NO4/c1-10-17-11(9-25-10)12(13(19)20)18-24-16(5-7-22-8-6-16)14(21)23-15(2,3)4;1-9(2,3)14-8(12)10(15-11)4-6-13-7-5-10/h9H,5-8H2,1-4H3,(H,19,20);4-7,11H2,1-3H3/b18-12-;. The zero-order chi connectivity index (χ0) is 30.2. The second-order valence-electron chi connectivity index (χ2n) is 11.4. The number of aliphatic carboxylic acids is 1. The Hall–Kier alpha value is -2.65. The molecular formula is C26H41N3O10S. The Labute approximate surface area is 238 Å². The molecule has 0 saturated carbocycles. The van der Waals surface area contributed by atoms with Crippen LogP contribution in [0.5, 0.6) is 0 Å². The molecule has 13 nitrogen and oxygen atoms in total.